The molecule has 1 atom stereocenters. The molecule has 4 heteroatoms. The predicted octanol–water partition coefficient (Wildman–Crippen LogP) is 3.21. The highest BCUT2D eigenvalue weighted by Gasteiger charge is 2.16. The zero-order valence-corrected chi connectivity index (χ0v) is 11.1. The van der Waals surface area contributed by atoms with E-state index < -0.39 is 5.38 Å². The van der Waals surface area contributed by atoms with Gasteiger partial charge in [0.2, 0.25) is 5.91 Å². The number of carbonyl (C=O) groups is 1. The van der Waals surface area contributed by atoms with Gasteiger partial charge in [-0.15, -0.1) is 23.4 Å². The van der Waals surface area contributed by atoms with Gasteiger partial charge in [-0.05, 0) is 30.4 Å². The molecule has 88 valence electrons. The average Bonchev–Trinajstić information content (AvgIpc) is 2.35. The van der Waals surface area contributed by atoms with Crippen LogP contribution in [0.15, 0.2) is 29.2 Å². The van der Waals surface area contributed by atoms with Gasteiger partial charge in [0, 0.05) is 11.4 Å². The number of alkyl halides is 1. The third kappa shape index (κ3) is 3.72. The Labute approximate surface area is 106 Å². The Hall–Kier alpha value is -0.670. The van der Waals surface area contributed by atoms with Gasteiger partial charge >= 0.3 is 0 Å². The van der Waals surface area contributed by atoms with Crippen molar-refractivity contribution in [2.75, 3.05) is 12.8 Å². The highest BCUT2D eigenvalue weighted by Crippen LogP contribution is 2.23. The molecule has 0 aliphatic heterocycles. The van der Waals surface area contributed by atoms with Crippen LogP contribution in [0.5, 0.6) is 0 Å². The van der Waals surface area contributed by atoms with Crippen LogP contribution >= 0.6 is 23.4 Å². The van der Waals surface area contributed by atoms with Crippen LogP contribution in [0.2, 0.25) is 0 Å². The van der Waals surface area contributed by atoms with E-state index in [4.69, 9.17) is 11.6 Å². The molecule has 0 aliphatic carbocycles. The minimum absolute atomic E-state index is 0.125. The predicted molar refractivity (Wildman–Crippen MR) is 70.1 cm³/mol. The van der Waals surface area contributed by atoms with E-state index in [1.54, 1.807) is 11.8 Å². The number of hydrogen-bond donors (Lipinski definition) is 1. The molecule has 0 radical (unpaired) electrons. The van der Waals surface area contributed by atoms with Gasteiger partial charge in [0.25, 0.3) is 0 Å². The van der Waals surface area contributed by atoms with Crippen LogP contribution in [0, 0.1) is 0 Å². The van der Waals surface area contributed by atoms with Crippen LogP contribution in [0.3, 0.4) is 0 Å². The molecule has 0 heterocycles. The van der Waals surface area contributed by atoms with Crippen LogP contribution in [0.25, 0.3) is 0 Å². The maximum absolute atomic E-state index is 11.6. The third-order valence-corrected chi connectivity index (χ3v) is 3.38. The zero-order chi connectivity index (χ0) is 12.0. The molecule has 1 aromatic carbocycles. The van der Waals surface area contributed by atoms with Crippen molar-refractivity contribution in [3.8, 4) is 0 Å². The number of hydrogen-bond acceptors (Lipinski definition) is 2. The van der Waals surface area contributed by atoms with E-state index in [0.717, 1.165) is 12.0 Å². The van der Waals surface area contributed by atoms with E-state index in [-0.39, 0.29) is 5.91 Å². The summed E-state index contributed by atoms with van der Waals surface area (Å²) in [6.07, 6.45) is 2.93. The number of halogens is 1. The van der Waals surface area contributed by atoms with Crippen molar-refractivity contribution in [3.05, 3.63) is 29.8 Å². The minimum atomic E-state index is -0.595. The second kappa shape index (κ2) is 6.81. The van der Waals surface area contributed by atoms with Crippen LogP contribution in [0.1, 0.15) is 24.3 Å². The van der Waals surface area contributed by atoms with Crippen molar-refractivity contribution < 1.29 is 4.79 Å². The molecular formula is C12H16ClNOS. The Kier molecular flexibility index (Phi) is 5.71. The molecule has 1 N–H and O–H groups in total. The van der Waals surface area contributed by atoms with Gasteiger partial charge in [-0.25, -0.2) is 0 Å². The summed E-state index contributed by atoms with van der Waals surface area (Å²) in [6.45, 7) is 2.68. The number of nitrogens with one attached hydrogen (secondary N) is 1. The summed E-state index contributed by atoms with van der Waals surface area (Å²) in [7, 11) is 0. The quantitative estimate of drug-likeness (QED) is 0.648. The Morgan fingerprint density at radius 1 is 1.44 bits per heavy atom. The van der Waals surface area contributed by atoms with Gasteiger partial charge in [-0.1, -0.05) is 19.1 Å². The van der Waals surface area contributed by atoms with Crippen molar-refractivity contribution in [1.82, 2.24) is 5.32 Å². The first-order chi connectivity index (χ1) is 7.69. The number of carbonyl (C=O) groups excluding carboxylic acids is 1. The highest BCUT2D eigenvalue weighted by atomic mass is 35.5. The van der Waals surface area contributed by atoms with Crippen molar-refractivity contribution in [3.63, 3.8) is 0 Å². The largest absolute Gasteiger partial charge is 0.355 e. The lowest BCUT2D eigenvalue weighted by Crippen LogP contribution is -2.27. The summed E-state index contributed by atoms with van der Waals surface area (Å²) in [5.41, 5.74) is 0.841. The van der Waals surface area contributed by atoms with Crippen LogP contribution in [-0.4, -0.2) is 18.7 Å². The lowest BCUT2D eigenvalue weighted by atomic mass is 10.1. The molecule has 1 unspecified atom stereocenters. The van der Waals surface area contributed by atoms with Crippen LogP contribution in [-0.2, 0) is 4.79 Å². The lowest BCUT2D eigenvalue weighted by molar-refractivity contribution is -0.120. The molecule has 1 aromatic rings. The van der Waals surface area contributed by atoms with E-state index in [0.29, 0.717) is 6.54 Å². The van der Waals surface area contributed by atoms with Gasteiger partial charge in [-0.3, -0.25) is 4.79 Å². The normalized spacial score (nSPS) is 12.2. The molecule has 0 fully saturated rings. The fraction of sp³-hybridized carbons (Fsp3) is 0.417. The van der Waals surface area contributed by atoms with E-state index in [1.165, 1.54) is 4.90 Å². The summed E-state index contributed by atoms with van der Waals surface area (Å²) in [6, 6.07) is 7.75. The van der Waals surface area contributed by atoms with E-state index in [2.05, 4.69) is 5.32 Å². The first-order valence-electron chi connectivity index (χ1n) is 5.24. The Balaban J connectivity index is 2.64. The summed E-state index contributed by atoms with van der Waals surface area (Å²) in [4.78, 5) is 12.8. The molecule has 0 bridgehead atoms. The number of thioether (sulfide) groups is 1. The van der Waals surface area contributed by atoms with Crippen molar-refractivity contribution >= 4 is 29.3 Å². The van der Waals surface area contributed by atoms with Gasteiger partial charge < -0.3 is 5.32 Å². The molecule has 1 rings (SSSR count). The summed E-state index contributed by atoms with van der Waals surface area (Å²) >= 11 is 7.74. The minimum Gasteiger partial charge on any atom is -0.355 e. The Morgan fingerprint density at radius 2 is 2.06 bits per heavy atom. The molecule has 0 spiro atoms. The van der Waals surface area contributed by atoms with Crippen molar-refractivity contribution in [1.29, 1.82) is 0 Å². The van der Waals surface area contributed by atoms with E-state index in [1.807, 2.05) is 37.4 Å². The standard InChI is InChI=1S/C12H16ClNOS/c1-3-8-14-12(15)11(13)9-4-6-10(16-2)7-5-9/h4-7,11H,3,8H2,1-2H3,(H,14,15). The Morgan fingerprint density at radius 3 is 2.56 bits per heavy atom. The fourth-order valence-corrected chi connectivity index (χ4v) is 1.89. The molecule has 1 amide bonds. The lowest BCUT2D eigenvalue weighted by Gasteiger charge is -2.10. The van der Waals surface area contributed by atoms with Gasteiger partial charge in [0.05, 0.1) is 0 Å². The van der Waals surface area contributed by atoms with Crippen LogP contribution in [0.4, 0.5) is 0 Å². The average molecular weight is 258 g/mol. The maximum atomic E-state index is 11.6. The van der Waals surface area contributed by atoms with E-state index in [9.17, 15) is 4.79 Å². The topological polar surface area (TPSA) is 29.1 Å². The SMILES string of the molecule is CCCNC(=O)C(Cl)c1ccc(SC)cc1. The molecule has 0 aliphatic rings. The van der Waals surface area contributed by atoms with Crippen molar-refractivity contribution in [2.24, 2.45) is 0 Å². The van der Waals surface area contributed by atoms with Crippen molar-refractivity contribution in [2.45, 2.75) is 23.6 Å². The molecule has 2 nitrogen and oxygen atoms in total. The number of amides is 1. The Bertz CT molecular complexity index is 339. The van der Waals surface area contributed by atoms with Gasteiger partial charge in [-0.2, -0.15) is 0 Å². The summed E-state index contributed by atoms with van der Waals surface area (Å²) in [5.74, 6) is -0.125. The maximum Gasteiger partial charge on any atom is 0.242 e. The van der Waals surface area contributed by atoms with Gasteiger partial charge in [0.1, 0.15) is 5.38 Å². The molecular weight excluding hydrogens is 242 g/mol. The smallest absolute Gasteiger partial charge is 0.242 e. The molecule has 0 saturated heterocycles. The van der Waals surface area contributed by atoms with E-state index >= 15 is 0 Å². The number of rotatable bonds is 5. The molecule has 0 saturated carbocycles. The second-order valence-electron chi connectivity index (χ2n) is 3.43. The molecule has 16 heavy (non-hydrogen) atoms. The highest BCUT2D eigenvalue weighted by molar-refractivity contribution is 7.98. The first-order valence-corrected chi connectivity index (χ1v) is 6.91. The zero-order valence-electron chi connectivity index (χ0n) is 9.50. The molecule has 0 aromatic heterocycles. The second-order valence-corrected chi connectivity index (χ2v) is 4.74. The summed E-state index contributed by atoms with van der Waals surface area (Å²) < 4.78 is 0. The third-order valence-electron chi connectivity index (χ3n) is 2.19. The monoisotopic (exact) mass is 257 g/mol. The van der Waals surface area contributed by atoms with Gasteiger partial charge in [0.15, 0.2) is 0 Å². The number of benzene rings is 1. The summed E-state index contributed by atoms with van der Waals surface area (Å²) in [5, 5.41) is 2.19. The fourth-order valence-electron chi connectivity index (χ4n) is 1.26. The first kappa shape index (κ1) is 13.4. The van der Waals surface area contributed by atoms with Crippen LogP contribution < -0.4 is 5.32 Å².